The van der Waals surface area contributed by atoms with Gasteiger partial charge < -0.3 is 0 Å². The Morgan fingerprint density at radius 2 is 2.10 bits per heavy atom. The van der Waals surface area contributed by atoms with Gasteiger partial charge in [-0.3, -0.25) is 0 Å². The highest BCUT2D eigenvalue weighted by molar-refractivity contribution is 5.18. The quantitative estimate of drug-likeness (QED) is 0.512. The normalized spacial score (nSPS) is 26.1. The summed E-state index contributed by atoms with van der Waals surface area (Å²) in [5.41, 5.74) is 3.42. The molecule has 10 heavy (non-hydrogen) atoms. The summed E-state index contributed by atoms with van der Waals surface area (Å²) in [6.45, 7) is 6.92. The van der Waals surface area contributed by atoms with E-state index in [-0.39, 0.29) is 0 Å². The number of allylic oxidation sites excluding steroid dienone is 2. The van der Waals surface area contributed by atoms with Gasteiger partial charge in [0.05, 0.1) is 0 Å². The minimum Gasteiger partial charge on any atom is -0.0738 e. The standard InChI is InChI=1S/C10H18/c1-4-5-10-7-8(2)6-9(10)3/h8H,4-7H2,1-3H3. The maximum Gasteiger partial charge on any atom is -0.0289 e. The lowest BCUT2D eigenvalue weighted by Crippen LogP contribution is -1.85. The van der Waals surface area contributed by atoms with Crippen LogP contribution in [0.5, 0.6) is 0 Å². The smallest absolute Gasteiger partial charge is 0.0289 e. The van der Waals surface area contributed by atoms with E-state index in [0.717, 1.165) is 5.92 Å². The first-order chi connectivity index (χ1) is 4.74. The van der Waals surface area contributed by atoms with Crippen LogP contribution in [0.25, 0.3) is 0 Å². The monoisotopic (exact) mass is 138 g/mol. The molecule has 0 nitrogen and oxygen atoms in total. The fourth-order valence-electron chi connectivity index (χ4n) is 1.95. The molecule has 0 saturated heterocycles. The highest BCUT2D eigenvalue weighted by Crippen LogP contribution is 2.32. The largest absolute Gasteiger partial charge is 0.0738 e. The summed E-state index contributed by atoms with van der Waals surface area (Å²) >= 11 is 0. The predicted molar refractivity (Wildman–Crippen MR) is 46.0 cm³/mol. The van der Waals surface area contributed by atoms with Crippen LogP contribution in [0.4, 0.5) is 0 Å². The van der Waals surface area contributed by atoms with Crippen LogP contribution >= 0.6 is 0 Å². The zero-order valence-electron chi connectivity index (χ0n) is 7.41. The Hall–Kier alpha value is -0.260. The van der Waals surface area contributed by atoms with E-state index in [1.807, 2.05) is 0 Å². The van der Waals surface area contributed by atoms with Crippen molar-refractivity contribution < 1.29 is 0 Å². The van der Waals surface area contributed by atoms with Gasteiger partial charge in [0.15, 0.2) is 0 Å². The van der Waals surface area contributed by atoms with Crippen LogP contribution in [0.15, 0.2) is 11.1 Å². The Labute approximate surface area is 64.3 Å². The first-order valence-electron chi connectivity index (χ1n) is 4.41. The molecular formula is C10H18. The summed E-state index contributed by atoms with van der Waals surface area (Å²) in [5, 5.41) is 0. The summed E-state index contributed by atoms with van der Waals surface area (Å²) in [7, 11) is 0. The maximum absolute atomic E-state index is 2.35. The van der Waals surface area contributed by atoms with E-state index in [9.17, 15) is 0 Å². The van der Waals surface area contributed by atoms with Crippen molar-refractivity contribution in [2.24, 2.45) is 5.92 Å². The second kappa shape index (κ2) is 3.23. The lowest BCUT2D eigenvalue weighted by Gasteiger charge is -2.00. The predicted octanol–water partition coefficient (Wildman–Crippen LogP) is 3.53. The highest BCUT2D eigenvalue weighted by Gasteiger charge is 2.16. The Morgan fingerprint density at radius 1 is 1.40 bits per heavy atom. The van der Waals surface area contributed by atoms with Crippen molar-refractivity contribution in [2.45, 2.75) is 46.5 Å². The first-order valence-corrected chi connectivity index (χ1v) is 4.41. The topological polar surface area (TPSA) is 0 Å². The van der Waals surface area contributed by atoms with E-state index in [1.165, 1.54) is 25.7 Å². The van der Waals surface area contributed by atoms with Crippen LogP contribution in [-0.4, -0.2) is 0 Å². The molecule has 0 aromatic rings. The van der Waals surface area contributed by atoms with Crippen molar-refractivity contribution in [1.82, 2.24) is 0 Å². The lowest BCUT2D eigenvalue weighted by molar-refractivity contribution is 0.612. The van der Waals surface area contributed by atoms with Crippen molar-refractivity contribution in [3.63, 3.8) is 0 Å². The summed E-state index contributed by atoms with van der Waals surface area (Å²) in [6, 6.07) is 0. The number of hydrogen-bond acceptors (Lipinski definition) is 0. The summed E-state index contributed by atoms with van der Waals surface area (Å²) < 4.78 is 0. The lowest BCUT2D eigenvalue weighted by atomic mass is 10.1. The Morgan fingerprint density at radius 3 is 2.50 bits per heavy atom. The minimum atomic E-state index is 0.932. The Kier molecular flexibility index (Phi) is 2.53. The molecule has 1 rings (SSSR count). The van der Waals surface area contributed by atoms with E-state index in [2.05, 4.69) is 20.8 Å². The van der Waals surface area contributed by atoms with Gasteiger partial charge in [0, 0.05) is 0 Å². The molecular weight excluding hydrogens is 120 g/mol. The fourth-order valence-corrected chi connectivity index (χ4v) is 1.95. The Bertz CT molecular complexity index is 142. The van der Waals surface area contributed by atoms with Crippen molar-refractivity contribution in [3.05, 3.63) is 11.1 Å². The van der Waals surface area contributed by atoms with E-state index < -0.39 is 0 Å². The van der Waals surface area contributed by atoms with Crippen LogP contribution in [0.1, 0.15) is 46.5 Å². The molecule has 0 saturated carbocycles. The molecule has 0 amide bonds. The van der Waals surface area contributed by atoms with Gasteiger partial charge in [-0.2, -0.15) is 0 Å². The van der Waals surface area contributed by atoms with Crippen molar-refractivity contribution in [3.8, 4) is 0 Å². The molecule has 58 valence electrons. The number of hydrogen-bond donors (Lipinski definition) is 0. The third kappa shape index (κ3) is 1.62. The minimum absolute atomic E-state index is 0.932. The highest BCUT2D eigenvalue weighted by atomic mass is 14.2. The zero-order valence-corrected chi connectivity index (χ0v) is 7.41. The van der Waals surface area contributed by atoms with Crippen molar-refractivity contribution >= 4 is 0 Å². The van der Waals surface area contributed by atoms with Crippen molar-refractivity contribution in [1.29, 1.82) is 0 Å². The van der Waals surface area contributed by atoms with E-state index in [1.54, 1.807) is 11.1 Å². The molecule has 1 unspecified atom stereocenters. The van der Waals surface area contributed by atoms with Gasteiger partial charge in [-0.05, 0) is 32.1 Å². The van der Waals surface area contributed by atoms with Gasteiger partial charge in [-0.15, -0.1) is 0 Å². The third-order valence-corrected chi connectivity index (χ3v) is 2.40. The van der Waals surface area contributed by atoms with Crippen LogP contribution < -0.4 is 0 Å². The van der Waals surface area contributed by atoms with Gasteiger partial charge in [0.2, 0.25) is 0 Å². The molecule has 0 N–H and O–H groups in total. The molecule has 0 fully saturated rings. The van der Waals surface area contributed by atoms with Gasteiger partial charge in [0.25, 0.3) is 0 Å². The van der Waals surface area contributed by atoms with Gasteiger partial charge >= 0.3 is 0 Å². The molecule has 0 aromatic heterocycles. The molecule has 0 heterocycles. The molecule has 1 atom stereocenters. The van der Waals surface area contributed by atoms with Crippen LogP contribution in [0, 0.1) is 5.92 Å². The first kappa shape index (κ1) is 7.84. The third-order valence-electron chi connectivity index (χ3n) is 2.40. The molecule has 1 aliphatic carbocycles. The maximum atomic E-state index is 2.35. The van der Waals surface area contributed by atoms with Gasteiger partial charge in [0.1, 0.15) is 0 Å². The van der Waals surface area contributed by atoms with Crippen LogP contribution in [0.3, 0.4) is 0 Å². The van der Waals surface area contributed by atoms with E-state index in [4.69, 9.17) is 0 Å². The average Bonchev–Trinajstić information content (AvgIpc) is 2.13. The second-order valence-electron chi connectivity index (χ2n) is 3.65. The molecule has 0 heteroatoms. The van der Waals surface area contributed by atoms with Crippen LogP contribution in [-0.2, 0) is 0 Å². The van der Waals surface area contributed by atoms with Gasteiger partial charge in [-0.25, -0.2) is 0 Å². The Balaban J connectivity index is 2.49. The van der Waals surface area contributed by atoms with Crippen molar-refractivity contribution in [2.75, 3.05) is 0 Å². The molecule has 0 spiro atoms. The second-order valence-corrected chi connectivity index (χ2v) is 3.65. The molecule has 0 aromatic carbocycles. The summed E-state index contributed by atoms with van der Waals surface area (Å²) in [6.07, 6.45) is 5.39. The SMILES string of the molecule is CCCC1=C(C)CC(C)C1. The fraction of sp³-hybridized carbons (Fsp3) is 0.800. The number of rotatable bonds is 2. The summed E-state index contributed by atoms with van der Waals surface area (Å²) in [4.78, 5) is 0. The van der Waals surface area contributed by atoms with Gasteiger partial charge in [-0.1, -0.05) is 31.4 Å². The molecule has 0 radical (unpaired) electrons. The van der Waals surface area contributed by atoms with Crippen LogP contribution in [0.2, 0.25) is 0 Å². The zero-order chi connectivity index (χ0) is 7.56. The summed E-state index contributed by atoms with van der Waals surface area (Å²) in [5.74, 6) is 0.932. The van der Waals surface area contributed by atoms with E-state index >= 15 is 0 Å². The molecule has 1 aliphatic rings. The average molecular weight is 138 g/mol. The molecule has 0 bridgehead atoms. The van der Waals surface area contributed by atoms with E-state index in [0.29, 0.717) is 0 Å². The molecule has 0 aliphatic heterocycles.